The van der Waals surface area contributed by atoms with Gasteiger partial charge in [-0.3, -0.25) is 9.59 Å². The molecule has 1 N–H and O–H groups in total. The second kappa shape index (κ2) is 8.20. The SMILES string of the molecule is COC(=O)CNC(=O)Cn1ccc2cc(OCc3ccccc3)ccc21. The molecule has 0 unspecified atom stereocenters. The molecule has 0 saturated carbocycles. The van der Waals surface area contributed by atoms with Gasteiger partial charge in [0.1, 0.15) is 25.4 Å². The average Bonchev–Trinajstić information content (AvgIpc) is 3.07. The van der Waals surface area contributed by atoms with Gasteiger partial charge in [0.25, 0.3) is 0 Å². The second-order valence-electron chi connectivity index (χ2n) is 5.79. The number of rotatable bonds is 7. The molecule has 0 aliphatic rings. The molecule has 2 aromatic carbocycles. The minimum Gasteiger partial charge on any atom is -0.489 e. The van der Waals surface area contributed by atoms with E-state index in [1.165, 1.54) is 7.11 Å². The number of fused-ring (bicyclic) bond motifs is 1. The normalized spacial score (nSPS) is 10.5. The molecule has 134 valence electrons. The van der Waals surface area contributed by atoms with Gasteiger partial charge in [-0.05, 0) is 29.8 Å². The third-order valence-electron chi connectivity index (χ3n) is 3.96. The van der Waals surface area contributed by atoms with E-state index in [2.05, 4.69) is 10.1 Å². The van der Waals surface area contributed by atoms with E-state index in [1.807, 2.05) is 65.4 Å². The van der Waals surface area contributed by atoms with Gasteiger partial charge in [0.15, 0.2) is 0 Å². The summed E-state index contributed by atoms with van der Waals surface area (Å²) in [6, 6.07) is 17.6. The van der Waals surface area contributed by atoms with Crippen molar-refractivity contribution >= 4 is 22.8 Å². The van der Waals surface area contributed by atoms with E-state index in [0.29, 0.717) is 6.61 Å². The number of hydrogen-bond acceptors (Lipinski definition) is 4. The Morgan fingerprint density at radius 1 is 1.08 bits per heavy atom. The summed E-state index contributed by atoms with van der Waals surface area (Å²) in [5.74, 6) is 0.0440. The van der Waals surface area contributed by atoms with Crippen LogP contribution in [-0.4, -0.2) is 30.1 Å². The Bertz CT molecular complexity index is 903. The largest absolute Gasteiger partial charge is 0.489 e. The predicted octanol–water partition coefficient (Wildman–Crippen LogP) is 2.51. The summed E-state index contributed by atoms with van der Waals surface area (Å²) in [5.41, 5.74) is 2.03. The Hall–Kier alpha value is -3.28. The highest BCUT2D eigenvalue weighted by atomic mass is 16.5. The fourth-order valence-corrected chi connectivity index (χ4v) is 2.60. The van der Waals surface area contributed by atoms with Gasteiger partial charge in [0.2, 0.25) is 5.91 Å². The lowest BCUT2D eigenvalue weighted by Gasteiger charge is -2.08. The Morgan fingerprint density at radius 3 is 2.65 bits per heavy atom. The topological polar surface area (TPSA) is 69.6 Å². The van der Waals surface area contributed by atoms with Gasteiger partial charge in [-0.2, -0.15) is 0 Å². The number of nitrogens with one attached hydrogen (secondary N) is 1. The highest BCUT2D eigenvalue weighted by molar-refractivity contribution is 5.85. The third-order valence-corrected chi connectivity index (χ3v) is 3.96. The maximum atomic E-state index is 11.9. The van der Waals surface area contributed by atoms with Crippen LogP contribution in [0.4, 0.5) is 0 Å². The zero-order valence-corrected chi connectivity index (χ0v) is 14.5. The first-order valence-corrected chi connectivity index (χ1v) is 8.25. The minimum atomic E-state index is -0.476. The molecular formula is C20H20N2O4. The van der Waals surface area contributed by atoms with Crippen LogP contribution in [0.15, 0.2) is 60.8 Å². The van der Waals surface area contributed by atoms with Crippen LogP contribution in [0.3, 0.4) is 0 Å². The van der Waals surface area contributed by atoms with E-state index in [9.17, 15) is 9.59 Å². The summed E-state index contributed by atoms with van der Waals surface area (Å²) in [6.07, 6.45) is 1.84. The number of carbonyl (C=O) groups excluding carboxylic acids is 2. The number of amides is 1. The van der Waals surface area contributed by atoms with Crippen LogP contribution in [0.1, 0.15) is 5.56 Å². The van der Waals surface area contributed by atoms with Crippen LogP contribution in [0, 0.1) is 0 Å². The number of ether oxygens (including phenoxy) is 2. The van der Waals surface area contributed by atoms with Gasteiger partial charge in [0.05, 0.1) is 7.11 Å². The molecule has 0 fully saturated rings. The van der Waals surface area contributed by atoms with E-state index in [-0.39, 0.29) is 19.0 Å². The Morgan fingerprint density at radius 2 is 1.88 bits per heavy atom. The lowest BCUT2D eigenvalue weighted by atomic mass is 10.2. The Labute approximate surface area is 151 Å². The number of methoxy groups -OCH3 is 1. The highest BCUT2D eigenvalue weighted by Gasteiger charge is 2.09. The molecule has 0 saturated heterocycles. The molecule has 0 spiro atoms. The van der Waals surface area contributed by atoms with Crippen molar-refractivity contribution in [2.75, 3.05) is 13.7 Å². The quantitative estimate of drug-likeness (QED) is 0.664. The summed E-state index contributed by atoms with van der Waals surface area (Å²) in [4.78, 5) is 23.0. The number of carbonyl (C=O) groups is 2. The lowest BCUT2D eigenvalue weighted by molar-refractivity contribution is -0.141. The van der Waals surface area contributed by atoms with Crippen molar-refractivity contribution in [1.82, 2.24) is 9.88 Å². The molecule has 26 heavy (non-hydrogen) atoms. The van der Waals surface area contributed by atoms with E-state index in [0.717, 1.165) is 22.2 Å². The number of nitrogens with zero attached hydrogens (tertiary/aromatic N) is 1. The van der Waals surface area contributed by atoms with Crippen LogP contribution >= 0.6 is 0 Å². The van der Waals surface area contributed by atoms with Crippen LogP contribution in [-0.2, 0) is 27.5 Å². The molecule has 0 atom stereocenters. The molecule has 1 aromatic heterocycles. The van der Waals surface area contributed by atoms with Crippen molar-refractivity contribution < 1.29 is 19.1 Å². The maximum absolute atomic E-state index is 11.9. The monoisotopic (exact) mass is 352 g/mol. The number of benzene rings is 2. The number of hydrogen-bond donors (Lipinski definition) is 1. The molecule has 3 aromatic rings. The molecule has 1 amide bonds. The zero-order valence-electron chi connectivity index (χ0n) is 14.5. The molecule has 6 heteroatoms. The van der Waals surface area contributed by atoms with Crippen LogP contribution < -0.4 is 10.1 Å². The van der Waals surface area contributed by atoms with Crippen LogP contribution in [0.5, 0.6) is 5.75 Å². The van der Waals surface area contributed by atoms with Crippen molar-refractivity contribution in [2.24, 2.45) is 0 Å². The fraction of sp³-hybridized carbons (Fsp3) is 0.200. The van der Waals surface area contributed by atoms with Crippen LogP contribution in [0.25, 0.3) is 10.9 Å². The predicted molar refractivity (Wildman–Crippen MR) is 97.7 cm³/mol. The molecule has 0 radical (unpaired) electrons. The van der Waals surface area contributed by atoms with Gasteiger partial charge < -0.3 is 19.4 Å². The van der Waals surface area contributed by atoms with Crippen molar-refractivity contribution in [3.8, 4) is 5.75 Å². The molecule has 0 aliphatic carbocycles. The lowest BCUT2D eigenvalue weighted by Crippen LogP contribution is -2.32. The Balaban J connectivity index is 1.63. The Kier molecular flexibility index (Phi) is 5.53. The van der Waals surface area contributed by atoms with Gasteiger partial charge in [-0.15, -0.1) is 0 Å². The smallest absolute Gasteiger partial charge is 0.325 e. The summed E-state index contributed by atoms with van der Waals surface area (Å²) in [5, 5.41) is 3.51. The van der Waals surface area contributed by atoms with E-state index >= 15 is 0 Å². The van der Waals surface area contributed by atoms with Crippen molar-refractivity contribution in [3.63, 3.8) is 0 Å². The van der Waals surface area contributed by atoms with Gasteiger partial charge in [0, 0.05) is 17.1 Å². The van der Waals surface area contributed by atoms with Crippen molar-refractivity contribution in [3.05, 3.63) is 66.4 Å². The van der Waals surface area contributed by atoms with Crippen LogP contribution in [0.2, 0.25) is 0 Å². The second-order valence-corrected chi connectivity index (χ2v) is 5.79. The number of aromatic nitrogens is 1. The summed E-state index contributed by atoms with van der Waals surface area (Å²) in [6.45, 7) is 0.500. The first-order chi connectivity index (χ1) is 12.7. The highest BCUT2D eigenvalue weighted by Crippen LogP contribution is 2.22. The molecular weight excluding hydrogens is 332 g/mol. The first-order valence-electron chi connectivity index (χ1n) is 8.25. The molecule has 6 nitrogen and oxygen atoms in total. The standard InChI is InChI=1S/C20H20N2O4/c1-25-20(24)12-21-19(23)13-22-10-9-16-11-17(7-8-18(16)22)26-14-15-5-3-2-4-6-15/h2-11H,12-14H2,1H3,(H,21,23). The molecule has 0 bridgehead atoms. The van der Waals surface area contributed by atoms with Gasteiger partial charge >= 0.3 is 5.97 Å². The maximum Gasteiger partial charge on any atom is 0.325 e. The zero-order chi connectivity index (χ0) is 18.4. The van der Waals surface area contributed by atoms with E-state index < -0.39 is 5.97 Å². The minimum absolute atomic E-state index is 0.130. The summed E-state index contributed by atoms with van der Waals surface area (Å²) < 4.78 is 12.1. The summed E-state index contributed by atoms with van der Waals surface area (Å²) in [7, 11) is 1.28. The summed E-state index contributed by atoms with van der Waals surface area (Å²) >= 11 is 0. The van der Waals surface area contributed by atoms with Crippen molar-refractivity contribution in [2.45, 2.75) is 13.2 Å². The molecule has 3 rings (SSSR count). The van der Waals surface area contributed by atoms with Crippen molar-refractivity contribution in [1.29, 1.82) is 0 Å². The third kappa shape index (κ3) is 4.42. The van der Waals surface area contributed by atoms with E-state index in [4.69, 9.17) is 4.74 Å². The molecule has 0 aliphatic heterocycles. The first kappa shape index (κ1) is 17.5. The molecule has 1 heterocycles. The average molecular weight is 352 g/mol. The fourth-order valence-electron chi connectivity index (χ4n) is 2.60. The van der Waals surface area contributed by atoms with Gasteiger partial charge in [-0.25, -0.2) is 0 Å². The van der Waals surface area contributed by atoms with E-state index in [1.54, 1.807) is 0 Å². The number of esters is 1. The van der Waals surface area contributed by atoms with Gasteiger partial charge in [-0.1, -0.05) is 30.3 Å².